The van der Waals surface area contributed by atoms with Gasteiger partial charge in [0.25, 0.3) is 0 Å². The van der Waals surface area contributed by atoms with Gasteiger partial charge in [-0.1, -0.05) is 58.9 Å². The molecule has 0 radical (unpaired) electrons. The molecule has 2 heteroatoms. The molecule has 0 aliphatic rings. The van der Waals surface area contributed by atoms with Crippen LogP contribution in [-0.2, 0) is 10.2 Å². The zero-order valence-electron chi connectivity index (χ0n) is 13.8. The van der Waals surface area contributed by atoms with Gasteiger partial charge in [-0.05, 0) is 35.9 Å². The SMILES string of the molecule is CCCNC(COCCC)c1ccccc1C(C)(C)C. The van der Waals surface area contributed by atoms with E-state index < -0.39 is 0 Å². The van der Waals surface area contributed by atoms with Crippen LogP contribution in [0.1, 0.15) is 64.6 Å². The number of benzene rings is 1. The van der Waals surface area contributed by atoms with Crippen molar-refractivity contribution in [2.45, 2.75) is 58.9 Å². The van der Waals surface area contributed by atoms with E-state index in [1.165, 1.54) is 11.1 Å². The lowest BCUT2D eigenvalue weighted by atomic mass is 9.82. The summed E-state index contributed by atoms with van der Waals surface area (Å²) in [6, 6.07) is 9.04. The van der Waals surface area contributed by atoms with Gasteiger partial charge in [-0.25, -0.2) is 0 Å². The maximum Gasteiger partial charge on any atom is 0.0661 e. The van der Waals surface area contributed by atoms with Gasteiger partial charge >= 0.3 is 0 Å². The summed E-state index contributed by atoms with van der Waals surface area (Å²) in [6.07, 6.45) is 2.21. The zero-order chi connectivity index (χ0) is 15.0. The molecular weight excluding hydrogens is 246 g/mol. The van der Waals surface area contributed by atoms with Crippen LogP contribution in [0.4, 0.5) is 0 Å². The van der Waals surface area contributed by atoms with Crippen LogP contribution in [0.5, 0.6) is 0 Å². The Bertz CT molecular complexity index is 381. The molecule has 1 aromatic rings. The van der Waals surface area contributed by atoms with Crippen LogP contribution in [0.2, 0.25) is 0 Å². The molecule has 1 unspecified atom stereocenters. The molecule has 0 aliphatic carbocycles. The first kappa shape index (κ1) is 17.2. The van der Waals surface area contributed by atoms with Gasteiger partial charge in [0.05, 0.1) is 12.6 Å². The molecule has 1 atom stereocenters. The van der Waals surface area contributed by atoms with Gasteiger partial charge in [-0.15, -0.1) is 0 Å². The molecule has 0 fully saturated rings. The third kappa shape index (κ3) is 5.26. The quantitative estimate of drug-likeness (QED) is 0.709. The lowest BCUT2D eigenvalue weighted by Gasteiger charge is -2.28. The first-order chi connectivity index (χ1) is 9.50. The van der Waals surface area contributed by atoms with E-state index in [0.717, 1.165) is 32.6 Å². The Balaban J connectivity index is 2.94. The van der Waals surface area contributed by atoms with E-state index in [0.29, 0.717) is 0 Å². The second-order valence-electron chi connectivity index (χ2n) is 6.42. The van der Waals surface area contributed by atoms with Crippen molar-refractivity contribution in [2.24, 2.45) is 0 Å². The van der Waals surface area contributed by atoms with Crippen molar-refractivity contribution in [1.82, 2.24) is 5.32 Å². The Kier molecular flexibility index (Phi) is 7.25. The van der Waals surface area contributed by atoms with Gasteiger partial charge in [-0.2, -0.15) is 0 Å². The Hall–Kier alpha value is -0.860. The second kappa shape index (κ2) is 8.43. The van der Waals surface area contributed by atoms with Crippen LogP contribution in [0.3, 0.4) is 0 Å². The molecule has 0 spiro atoms. The number of ether oxygens (including phenoxy) is 1. The highest BCUT2D eigenvalue weighted by atomic mass is 16.5. The van der Waals surface area contributed by atoms with Gasteiger partial charge in [0.2, 0.25) is 0 Å². The molecule has 0 bridgehead atoms. The summed E-state index contributed by atoms with van der Waals surface area (Å²) < 4.78 is 5.80. The summed E-state index contributed by atoms with van der Waals surface area (Å²) in [7, 11) is 0. The molecule has 0 aromatic heterocycles. The molecular formula is C18H31NO. The molecule has 0 saturated carbocycles. The van der Waals surface area contributed by atoms with E-state index >= 15 is 0 Å². The zero-order valence-corrected chi connectivity index (χ0v) is 13.8. The molecule has 0 aliphatic heterocycles. The molecule has 0 amide bonds. The molecule has 1 rings (SSSR count). The minimum atomic E-state index is 0.160. The summed E-state index contributed by atoms with van der Waals surface area (Å²) >= 11 is 0. The van der Waals surface area contributed by atoms with Crippen LogP contribution in [-0.4, -0.2) is 19.8 Å². The van der Waals surface area contributed by atoms with Crippen molar-refractivity contribution >= 4 is 0 Å². The van der Waals surface area contributed by atoms with Crippen LogP contribution in [0.25, 0.3) is 0 Å². The average Bonchev–Trinajstić information content (AvgIpc) is 2.42. The minimum absolute atomic E-state index is 0.160. The number of nitrogens with one attached hydrogen (secondary N) is 1. The second-order valence-corrected chi connectivity index (χ2v) is 6.42. The largest absolute Gasteiger partial charge is 0.379 e. The topological polar surface area (TPSA) is 21.3 Å². The summed E-state index contributed by atoms with van der Waals surface area (Å²) in [4.78, 5) is 0. The summed E-state index contributed by atoms with van der Waals surface area (Å²) in [5, 5.41) is 3.63. The highest BCUT2D eigenvalue weighted by Gasteiger charge is 2.22. The normalized spacial score (nSPS) is 13.4. The Morgan fingerprint density at radius 1 is 1.10 bits per heavy atom. The third-order valence-electron chi connectivity index (χ3n) is 3.42. The molecule has 2 nitrogen and oxygen atoms in total. The summed E-state index contributed by atoms with van der Waals surface area (Å²) in [5.74, 6) is 0. The number of rotatable bonds is 8. The van der Waals surface area contributed by atoms with Crippen molar-refractivity contribution < 1.29 is 4.74 Å². The molecule has 114 valence electrons. The van der Waals surface area contributed by atoms with E-state index in [4.69, 9.17) is 4.74 Å². The molecule has 0 saturated heterocycles. The van der Waals surface area contributed by atoms with Gasteiger partial charge in [0.15, 0.2) is 0 Å². The average molecular weight is 277 g/mol. The van der Waals surface area contributed by atoms with E-state index in [1.807, 2.05) is 0 Å². The Morgan fingerprint density at radius 2 is 1.80 bits per heavy atom. The standard InChI is InChI=1S/C18H31NO/c1-6-12-19-17(14-20-13-7-2)15-10-8-9-11-16(15)18(3,4)5/h8-11,17,19H,6-7,12-14H2,1-5H3. The van der Waals surface area contributed by atoms with Crippen molar-refractivity contribution in [3.8, 4) is 0 Å². The highest BCUT2D eigenvalue weighted by Crippen LogP contribution is 2.29. The predicted molar refractivity (Wildman–Crippen MR) is 87.3 cm³/mol. The van der Waals surface area contributed by atoms with E-state index in [9.17, 15) is 0 Å². The highest BCUT2D eigenvalue weighted by molar-refractivity contribution is 5.35. The van der Waals surface area contributed by atoms with Crippen LogP contribution >= 0.6 is 0 Å². The molecule has 1 N–H and O–H groups in total. The van der Waals surface area contributed by atoms with Crippen LogP contribution in [0, 0.1) is 0 Å². The summed E-state index contributed by atoms with van der Waals surface area (Å²) in [5.41, 5.74) is 2.95. The van der Waals surface area contributed by atoms with Crippen molar-refractivity contribution in [3.05, 3.63) is 35.4 Å². The van der Waals surface area contributed by atoms with Crippen LogP contribution < -0.4 is 5.32 Å². The fourth-order valence-electron chi connectivity index (χ4n) is 2.41. The summed E-state index contributed by atoms with van der Waals surface area (Å²) in [6.45, 7) is 13.8. The molecule has 20 heavy (non-hydrogen) atoms. The first-order valence-electron chi connectivity index (χ1n) is 7.91. The van der Waals surface area contributed by atoms with Crippen molar-refractivity contribution in [1.29, 1.82) is 0 Å². The number of hydrogen-bond donors (Lipinski definition) is 1. The predicted octanol–water partition coefficient (Wildman–Crippen LogP) is 4.45. The van der Waals surface area contributed by atoms with Crippen LogP contribution in [0.15, 0.2) is 24.3 Å². The monoisotopic (exact) mass is 277 g/mol. The minimum Gasteiger partial charge on any atom is -0.379 e. The van der Waals surface area contributed by atoms with Gasteiger partial charge in [0, 0.05) is 6.61 Å². The van der Waals surface area contributed by atoms with Crippen molar-refractivity contribution in [2.75, 3.05) is 19.8 Å². The van der Waals surface area contributed by atoms with E-state index in [1.54, 1.807) is 0 Å². The first-order valence-corrected chi connectivity index (χ1v) is 7.91. The third-order valence-corrected chi connectivity index (χ3v) is 3.42. The van der Waals surface area contributed by atoms with Gasteiger partial charge in [-0.3, -0.25) is 0 Å². The van der Waals surface area contributed by atoms with Crippen molar-refractivity contribution in [3.63, 3.8) is 0 Å². The maximum absolute atomic E-state index is 5.80. The fourth-order valence-corrected chi connectivity index (χ4v) is 2.41. The molecule has 1 aromatic carbocycles. The Morgan fingerprint density at radius 3 is 2.40 bits per heavy atom. The van der Waals surface area contributed by atoms with E-state index in [2.05, 4.69) is 64.2 Å². The lowest BCUT2D eigenvalue weighted by Crippen LogP contribution is -2.29. The molecule has 0 heterocycles. The fraction of sp³-hybridized carbons (Fsp3) is 0.667. The Labute approximate surface area is 124 Å². The maximum atomic E-state index is 5.80. The van der Waals surface area contributed by atoms with E-state index in [-0.39, 0.29) is 11.5 Å². The van der Waals surface area contributed by atoms with Gasteiger partial charge < -0.3 is 10.1 Å². The van der Waals surface area contributed by atoms with Gasteiger partial charge in [0.1, 0.15) is 0 Å². The number of hydrogen-bond acceptors (Lipinski definition) is 2. The smallest absolute Gasteiger partial charge is 0.0661 e. The lowest BCUT2D eigenvalue weighted by molar-refractivity contribution is 0.111.